The Balaban J connectivity index is 1.81. The van der Waals surface area contributed by atoms with Crippen LogP contribution in [0.2, 0.25) is 0 Å². The molecule has 114 valence electrons. The lowest BCUT2D eigenvalue weighted by atomic mass is 10.2. The topological polar surface area (TPSA) is 21.7 Å². The number of halogens is 2. The SMILES string of the molecule is Fc1cc(OCCN2CCOCC2)ccc1C#CCCCl. The molecule has 0 amide bonds. The fourth-order valence-corrected chi connectivity index (χ4v) is 2.10. The van der Waals surface area contributed by atoms with E-state index in [0.29, 0.717) is 30.2 Å². The van der Waals surface area contributed by atoms with E-state index in [2.05, 4.69) is 16.7 Å². The third-order valence-corrected chi connectivity index (χ3v) is 3.35. The minimum absolute atomic E-state index is 0.360. The first kappa shape index (κ1) is 16.1. The zero-order valence-electron chi connectivity index (χ0n) is 11.9. The highest BCUT2D eigenvalue weighted by atomic mass is 35.5. The second kappa shape index (κ2) is 8.89. The maximum atomic E-state index is 13.8. The molecule has 1 aromatic carbocycles. The molecular weight excluding hydrogens is 293 g/mol. The van der Waals surface area contributed by atoms with E-state index < -0.39 is 0 Å². The van der Waals surface area contributed by atoms with Crippen molar-refractivity contribution >= 4 is 11.6 Å². The van der Waals surface area contributed by atoms with Gasteiger partial charge in [-0.15, -0.1) is 11.6 Å². The smallest absolute Gasteiger partial charge is 0.142 e. The quantitative estimate of drug-likeness (QED) is 0.616. The van der Waals surface area contributed by atoms with Crippen LogP contribution in [0.5, 0.6) is 5.75 Å². The molecule has 3 nitrogen and oxygen atoms in total. The van der Waals surface area contributed by atoms with Crippen LogP contribution >= 0.6 is 11.6 Å². The Morgan fingerprint density at radius 3 is 2.86 bits per heavy atom. The number of rotatable bonds is 5. The van der Waals surface area contributed by atoms with Gasteiger partial charge in [-0.05, 0) is 12.1 Å². The molecule has 1 fully saturated rings. The molecule has 21 heavy (non-hydrogen) atoms. The van der Waals surface area contributed by atoms with Crippen LogP contribution in [-0.2, 0) is 4.74 Å². The van der Waals surface area contributed by atoms with Crippen molar-refractivity contribution in [3.8, 4) is 17.6 Å². The monoisotopic (exact) mass is 311 g/mol. The summed E-state index contributed by atoms with van der Waals surface area (Å²) in [5.74, 6) is 6.20. The van der Waals surface area contributed by atoms with Crippen LogP contribution in [0.1, 0.15) is 12.0 Å². The first-order chi connectivity index (χ1) is 10.3. The molecule has 0 aromatic heterocycles. The number of hydrogen-bond acceptors (Lipinski definition) is 3. The van der Waals surface area contributed by atoms with Crippen molar-refractivity contribution < 1.29 is 13.9 Å². The molecule has 1 saturated heterocycles. The maximum absolute atomic E-state index is 13.8. The highest BCUT2D eigenvalue weighted by Crippen LogP contribution is 2.16. The Morgan fingerprint density at radius 1 is 1.33 bits per heavy atom. The van der Waals surface area contributed by atoms with Crippen molar-refractivity contribution in [2.24, 2.45) is 0 Å². The standard InChI is InChI=1S/C16H19ClFNO2/c17-6-2-1-3-14-4-5-15(13-16(14)18)21-12-9-19-7-10-20-11-8-19/h4-5,13H,2,6-12H2. The largest absolute Gasteiger partial charge is 0.492 e. The number of hydrogen-bond donors (Lipinski definition) is 0. The Labute approximate surface area is 130 Å². The second-order valence-corrected chi connectivity index (χ2v) is 5.06. The Morgan fingerprint density at radius 2 is 2.14 bits per heavy atom. The zero-order chi connectivity index (χ0) is 14.9. The molecule has 0 bridgehead atoms. The van der Waals surface area contributed by atoms with Crippen LogP contribution in [0.15, 0.2) is 18.2 Å². The van der Waals surface area contributed by atoms with Gasteiger partial charge in [-0.3, -0.25) is 4.90 Å². The molecule has 0 N–H and O–H groups in total. The Kier molecular flexibility index (Phi) is 6.81. The molecule has 0 atom stereocenters. The minimum atomic E-state index is -0.360. The maximum Gasteiger partial charge on any atom is 0.142 e. The molecule has 5 heteroatoms. The van der Waals surface area contributed by atoms with Gasteiger partial charge in [0.05, 0.1) is 18.8 Å². The van der Waals surface area contributed by atoms with Crippen molar-refractivity contribution in [1.82, 2.24) is 4.90 Å². The lowest BCUT2D eigenvalue weighted by Crippen LogP contribution is -2.38. The third-order valence-electron chi connectivity index (χ3n) is 3.16. The van der Waals surface area contributed by atoms with Crippen molar-refractivity contribution in [3.63, 3.8) is 0 Å². The van der Waals surface area contributed by atoms with E-state index in [0.717, 1.165) is 32.8 Å². The second-order valence-electron chi connectivity index (χ2n) is 4.68. The highest BCUT2D eigenvalue weighted by molar-refractivity contribution is 6.18. The van der Waals surface area contributed by atoms with Crippen LogP contribution in [0, 0.1) is 17.7 Å². The van der Waals surface area contributed by atoms with Crippen LogP contribution in [-0.4, -0.2) is 50.2 Å². The van der Waals surface area contributed by atoms with Crippen LogP contribution < -0.4 is 4.74 Å². The number of ether oxygens (including phenoxy) is 2. The molecule has 0 unspecified atom stereocenters. The first-order valence-electron chi connectivity index (χ1n) is 7.07. The zero-order valence-corrected chi connectivity index (χ0v) is 12.7. The van der Waals surface area contributed by atoms with Crippen molar-refractivity contribution in [2.75, 3.05) is 45.3 Å². The summed E-state index contributed by atoms with van der Waals surface area (Å²) in [5.41, 5.74) is 0.376. The summed E-state index contributed by atoms with van der Waals surface area (Å²) in [7, 11) is 0. The van der Waals surface area contributed by atoms with Gasteiger partial charge in [0.1, 0.15) is 18.2 Å². The van der Waals surface area contributed by atoms with Gasteiger partial charge in [0.15, 0.2) is 0 Å². The summed E-state index contributed by atoms with van der Waals surface area (Å²) in [4.78, 5) is 2.27. The van der Waals surface area contributed by atoms with Gasteiger partial charge in [0.25, 0.3) is 0 Å². The van der Waals surface area contributed by atoms with Gasteiger partial charge >= 0.3 is 0 Å². The van der Waals surface area contributed by atoms with Crippen molar-refractivity contribution in [2.45, 2.75) is 6.42 Å². The van der Waals surface area contributed by atoms with Crippen LogP contribution in [0.3, 0.4) is 0 Å². The summed E-state index contributed by atoms with van der Waals surface area (Å²) < 4.78 is 24.7. The molecular formula is C16H19ClFNO2. The predicted molar refractivity (Wildman–Crippen MR) is 81.4 cm³/mol. The molecule has 1 aliphatic heterocycles. The van der Waals surface area contributed by atoms with Crippen LogP contribution in [0.4, 0.5) is 4.39 Å². The number of morpholine rings is 1. The fourth-order valence-electron chi connectivity index (χ4n) is 2.01. The average molecular weight is 312 g/mol. The summed E-state index contributed by atoms with van der Waals surface area (Å²) in [6, 6.07) is 4.76. The summed E-state index contributed by atoms with van der Waals surface area (Å²) in [5, 5.41) is 0. The van der Waals surface area contributed by atoms with E-state index >= 15 is 0 Å². The van der Waals surface area contributed by atoms with E-state index in [9.17, 15) is 4.39 Å². The van der Waals surface area contributed by atoms with Gasteiger partial charge < -0.3 is 9.47 Å². The lowest BCUT2D eigenvalue weighted by molar-refractivity contribution is 0.0322. The van der Waals surface area contributed by atoms with Gasteiger partial charge in [-0.2, -0.15) is 0 Å². The summed E-state index contributed by atoms with van der Waals surface area (Å²) >= 11 is 5.53. The normalized spacial score (nSPS) is 15.3. The molecule has 0 saturated carbocycles. The summed E-state index contributed by atoms with van der Waals surface area (Å²) in [6.07, 6.45) is 0.554. The number of benzene rings is 1. The molecule has 0 spiro atoms. The van der Waals surface area contributed by atoms with Gasteiger partial charge in [0, 0.05) is 38.0 Å². The molecule has 1 aromatic rings. The Hall–Kier alpha value is -1.28. The van der Waals surface area contributed by atoms with E-state index in [1.54, 1.807) is 12.1 Å². The third kappa shape index (κ3) is 5.55. The van der Waals surface area contributed by atoms with Gasteiger partial charge in [0.2, 0.25) is 0 Å². The summed E-state index contributed by atoms with van der Waals surface area (Å²) in [6.45, 7) is 4.74. The minimum Gasteiger partial charge on any atom is -0.492 e. The van der Waals surface area contributed by atoms with E-state index in [1.807, 2.05) is 0 Å². The predicted octanol–water partition coefficient (Wildman–Crippen LogP) is 2.52. The van der Waals surface area contributed by atoms with E-state index in [4.69, 9.17) is 21.1 Å². The first-order valence-corrected chi connectivity index (χ1v) is 7.60. The molecule has 1 heterocycles. The molecule has 0 radical (unpaired) electrons. The molecule has 2 rings (SSSR count). The lowest BCUT2D eigenvalue weighted by Gasteiger charge is -2.26. The fraction of sp³-hybridized carbons (Fsp3) is 0.500. The van der Waals surface area contributed by atoms with Gasteiger partial charge in [-0.1, -0.05) is 11.8 Å². The van der Waals surface area contributed by atoms with E-state index in [1.165, 1.54) is 6.07 Å². The number of alkyl halides is 1. The van der Waals surface area contributed by atoms with Gasteiger partial charge in [-0.25, -0.2) is 4.39 Å². The Bertz CT molecular complexity index is 507. The van der Waals surface area contributed by atoms with E-state index in [-0.39, 0.29) is 5.82 Å². The average Bonchev–Trinajstić information content (AvgIpc) is 2.51. The van der Waals surface area contributed by atoms with Crippen molar-refractivity contribution in [1.29, 1.82) is 0 Å². The number of nitrogens with zero attached hydrogens (tertiary/aromatic N) is 1. The van der Waals surface area contributed by atoms with Crippen molar-refractivity contribution in [3.05, 3.63) is 29.6 Å². The van der Waals surface area contributed by atoms with Crippen LogP contribution in [0.25, 0.3) is 0 Å². The highest BCUT2D eigenvalue weighted by Gasteiger charge is 2.10. The molecule has 0 aliphatic carbocycles. The molecule has 1 aliphatic rings.